The quantitative estimate of drug-likeness (QED) is 0.328. The van der Waals surface area contributed by atoms with Gasteiger partial charge in [-0.1, -0.05) is 36.9 Å². The molecule has 0 N–H and O–H groups in total. The van der Waals surface area contributed by atoms with Crippen LogP contribution in [0.5, 0.6) is 5.75 Å². The number of rotatable bonds is 9. The maximum absolute atomic E-state index is 13.8. The molecule has 1 unspecified atom stereocenters. The van der Waals surface area contributed by atoms with E-state index in [0.717, 1.165) is 19.4 Å². The molecule has 0 radical (unpaired) electrons. The number of fused-ring (bicyclic) bond motifs is 1. The van der Waals surface area contributed by atoms with E-state index in [-0.39, 0.29) is 30.1 Å². The summed E-state index contributed by atoms with van der Waals surface area (Å²) in [4.78, 5) is 16.4. The average Bonchev–Trinajstić information content (AvgIpc) is 3.43. The molecule has 2 aromatic heterocycles. The van der Waals surface area contributed by atoms with Crippen LogP contribution in [0.2, 0.25) is 0 Å². The minimum Gasteiger partial charge on any atom is -0.483 e. The summed E-state index contributed by atoms with van der Waals surface area (Å²) in [6.07, 6.45) is 3.53. The van der Waals surface area contributed by atoms with Gasteiger partial charge in [-0.3, -0.25) is 9.36 Å². The van der Waals surface area contributed by atoms with Gasteiger partial charge < -0.3 is 9.64 Å². The topological polar surface area (TPSA) is 60.2 Å². The summed E-state index contributed by atoms with van der Waals surface area (Å²) in [6, 6.07) is 8.51. The monoisotopic (exact) mass is 472 g/mol. The Morgan fingerprint density at radius 1 is 1.38 bits per heavy atom. The third kappa shape index (κ3) is 4.73. The van der Waals surface area contributed by atoms with Crippen LogP contribution in [0.15, 0.2) is 53.5 Å². The van der Waals surface area contributed by atoms with Gasteiger partial charge in [-0.25, -0.2) is 4.39 Å². The fraction of sp³-hybridized carbons (Fsp3) is 0.348. The van der Waals surface area contributed by atoms with Crippen LogP contribution < -0.4 is 4.74 Å². The van der Waals surface area contributed by atoms with E-state index in [1.54, 1.807) is 35.6 Å². The van der Waals surface area contributed by atoms with Gasteiger partial charge in [0.05, 0.1) is 11.8 Å². The average molecular weight is 473 g/mol. The largest absolute Gasteiger partial charge is 0.483 e. The third-order valence-corrected chi connectivity index (χ3v) is 7.37. The van der Waals surface area contributed by atoms with Crippen molar-refractivity contribution in [2.24, 2.45) is 0 Å². The highest BCUT2D eigenvalue weighted by atomic mass is 32.2. The van der Waals surface area contributed by atoms with E-state index in [4.69, 9.17) is 4.74 Å². The normalized spacial score (nSPS) is 15.4. The Morgan fingerprint density at radius 3 is 3.00 bits per heavy atom. The van der Waals surface area contributed by atoms with E-state index >= 15 is 0 Å². The molecule has 32 heavy (non-hydrogen) atoms. The number of thioether (sulfide) groups is 1. The molecule has 168 valence electrons. The van der Waals surface area contributed by atoms with Gasteiger partial charge >= 0.3 is 0 Å². The van der Waals surface area contributed by atoms with Gasteiger partial charge in [-0.2, -0.15) is 0 Å². The number of carbonyl (C=O) groups is 1. The molecule has 0 saturated carbocycles. The number of nitrogens with zero attached hydrogens (tertiary/aromatic N) is 4. The molecule has 6 nitrogen and oxygen atoms in total. The van der Waals surface area contributed by atoms with Gasteiger partial charge in [0, 0.05) is 18.0 Å². The predicted octanol–water partition coefficient (Wildman–Crippen LogP) is 4.87. The maximum Gasteiger partial charge on any atom is 0.233 e. The standard InChI is InChI=1S/C23H25FN4O2S2/c1-3-11-28-21(14-30-19-8-6-5-7-17(19)24)25-26-23(28)32-15-22(29)27-12-9-20-16(10-13-31-20)18(27)4-2/h3,5-8,10,13,18H,1,4,9,11-12,14-15H2,2H3. The summed E-state index contributed by atoms with van der Waals surface area (Å²) in [5, 5.41) is 11.2. The number of ether oxygens (including phenoxy) is 1. The molecule has 0 aliphatic carbocycles. The second kappa shape index (κ2) is 10.3. The number of halogens is 1. The Hall–Kier alpha value is -2.65. The Kier molecular flexibility index (Phi) is 7.26. The van der Waals surface area contributed by atoms with Crippen molar-refractivity contribution >= 4 is 29.0 Å². The van der Waals surface area contributed by atoms with Crippen LogP contribution >= 0.6 is 23.1 Å². The molecule has 1 aromatic carbocycles. The predicted molar refractivity (Wildman–Crippen MR) is 124 cm³/mol. The van der Waals surface area contributed by atoms with Crippen LogP contribution in [-0.4, -0.2) is 37.9 Å². The van der Waals surface area contributed by atoms with E-state index < -0.39 is 5.82 Å². The smallest absolute Gasteiger partial charge is 0.233 e. The molecular weight excluding hydrogens is 447 g/mol. The lowest BCUT2D eigenvalue weighted by Crippen LogP contribution is -2.40. The zero-order valence-corrected chi connectivity index (χ0v) is 19.5. The lowest BCUT2D eigenvalue weighted by molar-refractivity contribution is -0.131. The van der Waals surface area contributed by atoms with Crippen molar-refractivity contribution in [1.82, 2.24) is 19.7 Å². The van der Waals surface area contributed by atoms with Crippen LogP contribution in [0, 0.1) is 5.82 Å². The molecule has 4 rings (SSSR count). The minimum absolute atomic E-state index is 0.0707. The Balaban J connectivity index is 1.42. The molecule has 0 spiro atoms. The van der Waals surface area contributed by atoms with E-state index in [1.807, 2.05) is 9.47 Å². The number of carbonyl (C=O) groups excluding carboxylic acids is 1. The van der Waals surface area contributed by atoms with Crippen LogP contribution in [0.1, 0.15) is 35.7 Å². The maximum atomic E-state index is 13.8. The summed E-state index contributed by atoms with van der Waals surface area (Å²) in [5.41, 5.74) is 1.28. The molecule has 1 aliphatic rings. The highest BCUT2D eigenvalue weighted by molar-refractivity contribution is 7.99. The third-order valence-electron chi connectivity index (χ3n) is 5.43. The van der Waals surface area contributed by atoms with Crippen molar-refractivity contribution < 1.29 is 13.9 Å². The first-order valence-corrected chi connectivity index (χ1v) is 12.4. The van der Waals surface area contributed by atoms with Crippen molar-refractivity contribution in [3.63, 3.8) is 0 Å². The van der Waals surface area contributed by atoms with Crippen molar-refractivity contribution in [1.29, 1.82) is 0 Å². The summed E-state index contributed by atoms with van der Waals surface area (Å²) in [7, 11) is 0. The van der Waals surface area contributed by atoms with Crippen LogP contribution in [0.3, 0.4) is 0 Å². The number of allylic oxidation sites excluding steroid dienone is 1. The highest BCUT2D eigenvalue weighted by Crippen LogP contribution is 2.35. The zero-order valence-electron chi connectivity index (χ0n) is 17.9. The second-order valence-electron chi connectivity index (χ2n) is 7.37. The van der Waals surface area contributed by atoms with Crippen molar-refractivity contribution in [3.05, 3.63) is 70.4 Å². The number of aromatic nitrogens is 3. The highest BCUT2D eigenvalue weighted by Gasteiger charge is 2.30. The van der Waals surface area contributed by atoms with Gasteiger partial charge in [0.15, 0.2) is 22.5 Å². The fourth-order valence-electron chi connectivity index (χ4n) is 3.89. The first-order valence-electron chi connectivity index (χ1n) is 10.5. The van der Waals surface area contributed by atoms with E-state index in [1.165, 1.54) is 28.3 Å². The van der Waals surface area contributed by atoms with Crippen molar-refractivity contribution in [2.45, 2.75) is 44.1 Å². The first-order chi connectivity index (χ1) is 15.6. The molecule has 9 heteroatoms. The number of para-hydroxylation sites is 1. The van der Waals surface area contributed by atoms with E-state index in [0.29, 0.717) is 17.5 Å². The molecule has 3 heterocycles. The molecule has 0 fully saturated rings. The van der Waals surface area contributed by atoms with Crippen LogP contribution in [-0.2, 0) is 24.4 Å². The fourth-order valence-corrected chi connectivity index (χ4v) is 5.67. The number of thiophene rings is 1. The molecule has 1 amide bonds. The summed E-state index contributed by atoms with van der Waals surface area (Å²) in [6.45, 7) is 7.20. The number of hydrogen-bond acceptors (Lipinski definition) is 6. The molecule has 1 aliphatic heterocycles. The SMILES string of the molecule is C=CCn1c(COc2ccccc2F)nnc1SCC(=O)N1CCc2sccc2C1CC. The first kappa shape index (κ1) is 22.5. The summed E-state index contributed by atoms with van der Waals surface area (Å²) in [5.74, 6) is 0.655. The molecule has 0 saturated heterocycles. The van der Waals surface area contributed by atoms with Gasteiger partial charge in [-0.15, -0.1) is 28.1 Å². The molecule has 0 bridgehead atoms. The molecule has 1 atom stereocenters. The van der Waals surface area contributed by atoms with Crippen LogP contribution in [0.4, 0.5) is 4.39 Å². The van der Waals surface area contributed by atoms with Gasteiger partial charge in [0.1, 0.15) is 6.61 Å². The van der Waals surface area contributed by atoms with E-state index in [9.17, 15) is 9.18 Å². The van der Waals surface area contributed by atoms with E-state index in [2.05, 4.69) is 35.1 Å². The number of hydrogen-bond donors (Lipinski definition) is 0. The summed E-state index contributed by atoms with van der Waals surface area (Å²) >= 11 is 3.13. The number of amides is 1. The lowest BCUT2D eigenvalue weighted by Gasteiger charge is -2.35. The Bertz CT molecular complexity index is 1100. The molecule has 3 aromatic rings. The Morgan fingerprint density at radius 2 is 2.22 bits per heavy atom. The summed E-state index contributed by atoms with van der Waals surface area (Å²) < 4.78 is 21.3. The van der Waals surface area contributed by atoms with Crippen molar-refractivity contribution in [3.8, 4) is 5.75 Å². The number of benzene rings is 1. The van der Waals surface area contributed by atoms with Crippen LogP contribution in [0.25, 0.3) is 0 Å². The molecular formula is C23H25FN4O2S2. The minimum atomic E-state index is -0.428. The van der Waals surface area contributed by atoms with Gasteiger partial charge in [0.25, 0.3) is 0 Å². The van der Waals surface area contributed by atoms with Crippen molar-refractivity contribution in [2.75, 3.05) is 12.3 Å². The zero-order chi connectivity index (χ0) is 22.5. The second-order valence-corrected chi connectivity index (χ2v) is 9.31. The lowest BCUT2D eigenvalue weighted by atomic mass is 9.98. The van der Waals surface area contributed by atoms with Gasteiger partial charge in [0.2, 0.25) is 5.91 Å². The van der Waals surface area contributed by atoms with Gasteiger partial charge in [-0.05, 0) is 42.0 Å². The Labute approximate surface area is 195 Å².